The van der Waals surface area contributed by atoms with Crippen molar-refractivity contribution in [2.45, 2.75) is 43.9 Å². The van der Waals surface area contributed by atoms with E-state index in [4.69, 9.17) is 0 Å². The van der Waals surface area contributed by atoms with E-state index in [1.165, 1.54) is 16.6 Å². The van der Waals surface area contributed by atoms with Crippen LogP contribution in [-0.4, -0.2) is 30.8 Å². The van der Waals surface area contributed by atoms with Crippen LogP contribution in [0.2, 0.25) is 0 Å². The Labute approximate surface area is 161 Å². The van der Waals surface area contributed by atoms with Gasteiger partial charge in [0.1, 0.15) is 0 Å². The molecule has 4 nitrogen and oxygen atoms in total. The predicted octanol–water partition coefficient (Wildman–Crippen LogP) is 4.61. The Morgan fingerprint density at radius 1 is 1.04 bits per heavy atom. The molecule has 27 heavy (non-hydrogen) atoms. The van der Waals surface area contributed by atoms with Gasteiger partial charge in [-0.1, -0.05) is 37.3 Å². The van der Waals surface area contributed by atoms with Gasteiger partial charge < -0.3 is 4.98 Å². The van der Waals surface area contributed by atoms with Gasteiger partial charge in [0.15, 0.2) is 0 Å². The number of sulfonamides is 1. The topological polar surface area (TPSA) is 53.2 Å². The monoisotopic (exact) mass is 382 g/mol. The summed E-state index contributed by atoms with van der Waals surface area (Å²) in [5.74, 6) is 0.398. The molecule has 0 radical (unpaired) electrons. The van der Waals surface area contributed by atoms with E-state index < -0.39 is 10.0 Å². The Morgan fingerprint density at radius 3 is 2.37 bits per heavy atom. The van der Waals surface area contributed by atoms with Crippen LogP contribution < -0.4 is 0 Å². The maximum absolute atomic E-state index is 13.0. The molecular weight excluding hydrogens is 356 g/mol. The summed E-state index contributed by atoms with van der Waals surface area (Å²) in [7, 11) is -3.41. The molecule has 4 rings (SSSR count). The average Bonchev–Trinajstić information content (AvgIpc) is 3.04. The van der Waals surface area contributed by atoms with Crippen LogP contribution in [0.15, 0.2) is 53.4 Å². The average molecular weight is 383 g/mol. The molecule has 2 aromatic carbocycles. The Balaban J connectivity index is 1.53. The van der Waals surface area contributed by atoms with Gasteiger partial charge in [-0.05, 0) is 61.4 Å². The highest BCUT2D eigenvalue weighted by Gasteiger charge is 2.31. The van der Waals surface area contributed by atoms with Gasteiger partial charge in [-0.15, -0.1) is 0 Å². The van der Waals surface area contributed by atoms with E-state index in [0.717, 1.165) is 30.3 Å². The van der Waals surface area contributed by atoms with Gasteiger partial charge in [0, 0.05) is 29.7 Å². The second kappa shape index (κ2) is 7.13. The second-order valence-corrected chi connectivity index (χ2v) is 9.32. The molecule has 0 spiro atoms. The molecule has 1 aliphatic heterocycles. The highest BCUT2D eigenvalue weighted by atomic mass is 32.2. The highest BCUT2D eigenvalue weighted by molar-refractivity contribution is 7.89. The Kier molecular flexibility index (Phi) is 4.82. The molecule has 0 bridgehead atoms. The summed E-state index contributed by atoms with van der Waals surface area (Å²) in [4.78, 5) is 3.87. The van der Waals surface area contributed by atoms with E-state index in [2.05, 4.69) is 37.0 Å². The van der Waals surface area contributed by atoms with Gasteiger partial charge >= 0.3 is 0 Å². The number of rotatable bonds is 4. The summed E-state index contributed by atoms with van der Waals surface area (Å²) in [6.45, 7) is 5.33. The van der Waals surface area contributed by atoms with Gasteiger partial charge in [0.05, 0.1) is 4.90 Å². The first-order valence-electron chi connectivity index (χ1n) is 9.67. The first kappa shape index (κ1) is 18.3. The number of nitrogens with one attached hydrogen (secondary N) is 1. The number of aromatic amines is 1. The minimum absolute atomic E-state index is 0.398. The fourth-order valence-corrected chi connectivity index (χ4v) is 5.73. The van der Waals surface area contributed by atoms with Crippen molar-refractivity contribution in [2.75, 3.05) is 13.1 Å². The van der Waals surface area contributed by atoms with Gasteiger partial charge in [0.25, 0.3) is 0 Å². The fraction of sp³-hybridized carbons (Fsp3) is 0.364. The number of hydrogen-bond donors (Lipinski definition) is 1. The lowest BCUT2D eigenvalue weighted by atomic mass is 9.88. The fourth-order valence-electron chi connectivity index (χ4n) is 4.26. The number of hydrogen-bond acceptors (Lipinski definition) is 2. The number of H-pyrrole nitrogens is 1. The number of fused-ring (bicyclic) bond motifs is 1. The lowest BCUT2D eigenvalue weighted by molar-refractivity contribution is 0.320. The minimum atomic E-state index is -3.41. The Morgan fingerprint density at radius 2 is 1.70 bits per heavy atom. The van der Waals surface area contributed by atoms with Crippen molar-refractivity contribution < 1.29 is 8.42 Å². The van der Waals surface area contributed by atoms with Gasteiger partial charge in [-0.25, -0.2) is 8.42 Å². The van der Waals surface area contributed by atoms with Crippen molar-refractivity contribution in [2.24, 2.45) is 0 Å². The van der Waals surface area contributed by atoms with Crippen molar-refractivity contribution in [1.29, 1.82) is 0 Å². The van der Waals surface area contributed by atoms with E-state index in [0.29, 0.717) is 23.9 Å². The molecule has 1 saturated heterocycles. The van der Waals surface area contributed by atoms with Crippen molar-refractivity contribution in [1.82, 2.24) is 9.29 Å². The van der Waals surface area contributed by atoms with Crippen molar-refractivity contribution in [3.05, 3.63) is 65.4 Å². The van der Waals surface area contributed by atoms with Crippen LogP contribution in [0.5, 0.6) is 0 Å². The van der Waals surface area contributed by atoms with E-state index in [1.807, 2.05) is 18.2 Å². The predicted molar refractivity (Wildman–Crippen MR) is 110 cm³/mol. The van der Waals surface area contributed by atoms with Crippen LogP contribution in [0.4, 0.5) is 0 Å². The summed E-state index contributed by atoms with van der Waals surface area (Å²) in [5.41, 5.74) is 4.88. The normalized spacial score (nSPS) is 16.8. The Hall–Kier alpha value is -2.11. The highest BCUT2D eigenvalue weighted by Crippen LogP contribution is 2.36. The third kappa shape index (κ3) is 3.30. The summed E-state index contributed by atoms with van der Waals surface area (Å²) >= 11 is 0. The molecule has 3 aromatic rings. The van der Waals surface area contributed by atoms with E-state index >= 15 is 0 Å². The number of benzene rings is 2. The molecule has 0 saturated carbocycles. The summed E-state index contributed by atoms with van der Waals surface area (Å²) < 4.78 is 27.6. The van der Waals surface area contributed by atoms with E-state index in [9.17, 15) is 8.42 Å². The van der Waals surface area contributed by atoms with Crippen LogP contribution >= 0.6 is 0 Å². The van der Waals surface area contributed by atoms with Crippen molar-refractivity contribution >= 4 is 20.9 Å². The molecular formula is C22H26N2O2S. The number of para-hydroxylation sites is 1. The lowest BCUT2D eigenvalue weighted by Gasteiger charge is -2.31. The molecule has 1 fully saturated rings. The molecule has 0 aliphatic carbocycles. The molecule has 1 N–H and O–H groups in total. The van der Waals surface area contributed by atoms with Crippen LogP contribution in [0, 0.1) is 6.92 Å². The molecule has 0 atom stereocenters. The van der Waals surface area contributed by atoms with Crippen LogP contribution in [0.1, 0.15) is 42.5 Å². The van der Waals surface area contributed by atoms with Gasteiger partial charge in [0.2, 0.25) is 10.0 Å². The Bertz CT molecular complexity index is 1040. The molecule has 1 aliphatic rings. The zero-order chi connectivity index (χ0) is 19.0. The third-order valence-electron chi connectivity index (χ3n) is 5.77. The van der Waals surface area contributed by atoms with Crippen molar-refractivity contribution in [3.8, 4) is 0 Å². The summed E-state index contributed by atoms with van der Waals surface area (Å²) in [5, 5.41) is 1.27. The number of aryl methyl sites for hydroxylation is 2. The first-order valence-corrected chi connectivity index (χ1v) is 11.1. The minimum Gasteiger partial charge on any atom is -0.358 e. The first-order chi connectivity index (χ1) is 13.0. The molecule has 2 heterocycles. The van der Waals surface area contributed by atoms with Crippen LogP contribution in [0.3, 0.4) is 0 Å². The number of nitrogens with zero attached hydrogens (tertiary/aromatic N) is 1. The molecule has 1 aromatic heterocycles. The summed E-state index contributed by atoms with van der Waals surface area (Å²) in [6.07, 6.45) is 2.62. The number of piperidine rings is 1. The number of aromatic nitrogens is 1. The second-order valence-electron chi connectivity index (χ2n) is 7.39. The molecule has 0 unspecified atom stereocenters. The maximum atomic E-state index is 13.0. The van der Waals surface area contributed by atoms with E-state index in [1.54, 1.807) is 16.4 Å². The van der Waals surface area contributed by atoms with Crippen LogP contribution in [-0.2, 0) is 16.4 Å². The third-order valence-corrected chi connectivity index (χ3v) is 7.69. The zero-order valence-corrected chi connectivity index (χ0v) is 16.7. The van der Waals surface area contributed by atoms with E-state index in [-0.39, 0.29) is 0 Å². The maximum Gasteiger partial charge on any atom is 0.243 e. The van der Waals surface area contributed by atoms with Gasteiger partial charge in [-0.2, -0.15) is 4.31 Å². The SMILES string of the molecule is CCc1ccc(S(=O)(=O)N2CCC(c3c(C)[nH]c4ccccc34)CC2)cc1. The molecule has 0 amide bonds. The smallest absolute Gasteiger partial charge is 0.243 e. The lowest BCUT2D eigenvalue weighted by Crippen LogP contribution is -2.38. The zero-order valence-electron chi connectivity index (χ0n) is 15.9. The quantitative estimate of drug-likeness (QED) is 0.716. The summed E-state index contributed by atoms with van der Waals surface area (Å²) in [6, 6.07) is 15.7. The standard InChI is InChI=1S/C22H26N2O2S/c1-3-17-8-10-19(11-9-17)27(25,26)24-14-12-18(13-15-24)22-16(2)23-21-7-5-4-6-20(21)22/h4-11,18,23H,3,12-15H2,1-2H3. The van der Waals surface area contributed by atoms with Crippen LogP contribution in [0.25, 0.3) is 10.9 Å². The molecule has 5 heteroatoms. The molecule has 142 valence electrons. The van der Waals surface area contributed by atoms with Gasteiger partial charge in [-0.3, -0.25) is 0 Å². The van der Waals surface area contributed by atoms with Crippen molar-refractivity contribution in [3.63, 3.8) is 0 Å². The largest absolute Gasteiger partial charge is 0.358 e.